The Morgan fingerprint density at radius 1 is 0.927 bits per heavy atom. The number of anilines is 1. The lowest BCUT2D eigenvalue weighted by Gasteiger charge is -2.33. The zero-order chi connectivity index (χ0) is 29.7. The zero-order valence-corrected chi connectivity index (χ0v) is 26.5. The monoisotopic (exact) mass is 639 g/mol. The molecular formula is C32H38BrN3O4S. The second-order valence-corrected chi connectivity index (χ2v) is 13.7. The zero-order valence-electron chi connectivity index (χ0n) is 24.1. The molecule has 41 heavy (non-hydrogen) atoms. The molecule has 3 aromatic carbocycles. The molecule has 7 nitrogen and oxygen atoms in total. The third-order valence-electron chi connectivity index (χ3n) is 7.66. The number of rotatable bonds is 10. The van der Waals surface area contributed by atoms with E-state index in [1.54, 1.807) is 37.3 Å². The normalized spacial score (nSPS) is 14.5. The molecule has 1 fully saturated rings. The van der Waals surface area contributed by atoms with Crippen molar-refractivity contribution in [2.24, 2.45) is 0 Å². The first-order valence-corrected chi connectivity index (χ1v) is 16.2. The number of benzene rings is 3. The van der Waals surface area contributed by atoms with Crippen LogP contribution in [0.25, 0.3) is 0 Å². The highest BCUT2D eigenvalue weighted by atomic mass is 79.9. The molecule has 0 saturated heterocycles. The van der Waals surface area contributed by atoms with Crippen LogP contribution in [0.1, 0.15) is 54.9 Å². The summed E-state index contributed by atoms with van der Waals surface area (Å²) in [6.45, 7) is 7.03. The van der Waals surface area contributed by atoms with Crippen molar-refractivity contribution in [3.8, 4) is 0 Å². The molecule has 1 aliphatic carbocycles. The minimum atomic E-state index is -4.10. The molecule has 3 aromatic rings. The van der Waals surface area contributed by atoms with Crippen LogP contribution in [0.3, 0.4) is 0 Å². The molecule has 0 aliphatic heterocycles. The third kappa shape index (κ3) is 7.57. The summed E-state index contributed by atoms with van der Waals surface area (Å²) in [6, 6.07) is 19.0. The molecule has 0 radical (unpaired) electrons. The maximum atomic E-state index is 14.1. The van der Waals surface area contributed by atoms with Crippen molar-refractivity contribution in [2.75, 3.05) is 10.8 Å². The largest absolute Gasteiger partial charge is 0.352 e. The molecule has 0 unspecified atom stereocenters. The van der Waals surface area contributed by atoms with Crippen LogP contribution < -0.4 is 9.62 Å². The first kappa shape index (κ1) is 30.8. The quantitative estimate of drug-likeness (QED) is 0.293. The Morgan fingerprint density at radius 2 is 1.54 bits per heavy atom. The van der Waals surface area contributed by atoms with E-state index in [4.69, 9.17) is 0 Å². The van der Waals surface area contributed by atoms with Gasteiger partial charge in [-0.25, -0.2) is 8.42 Å². The lowest BCUT2D eigenvalue weighted by molar-refractivity contribution is -0.139. The lowest BCUT2D eigenvalue weighted by atomic mass is 10.1. The van der Waals surface area contributed by atoms with Gasteiger partial charge in [0.15, 0.2) is 0 Å². The van der Waals surface area contributed by atoms with Gasteiger partial charge in [-0.1, -0.05) is 70.7 Å². The Morgan fingerprint density at radius 3 is 2.17 bits per heavy atom. The van der Waals surface area contributed by atoms with Gasteiger partial charge in [0.05, 0.1) is 10.6 Å². The predicted octanol–water partition coefficient (Wildman–Crippen LogP) is 6.05. The van der Waals surface area contributed by atoms with Crippen LogP contribution in [0.2, 0.25) is 0 Å². The lowest BCUT2D eigenvalue weighted by Crippen LogP contribution is -2.52. The first-order valence-electron chi connectivity index (χ1n) is 14.0. The predicted molar refractivity (Wildman–Crippen MR) is 166 cm³/mol. The number of hydrogen-bond donors (Lipinski definition) is 1. The van der Waals surface area contributed by atoms with Crippen molar-refractivity contribution in [3.05, 3.63) is 93.5 Å². The molecule has 0 heterocycles. The van der Waals surface area contributed by atoms with E-state index in [1.165, 1.54) is 9.21 Å². The van der Waals surface area contributed by atoms with Crippen LogP contribution in [-0.2, 0) is 26.2 Å². The van der Waals surface area contributed by atoms with E-state index in [1.807, 2.05) is 57.2 Å². The van der Waals surface area contributed by atoms with Crippen LogP contribution in [-0.4, -0.2) is 43.8 Å². The average molecular weight is 641 g/mol. The van der Waals surface area contributed by atoms with Gasteiger partial charge >= 0.3 is 0 Å². The molecule has 9 heteroatoms. The summed E-state index contributed by atoms with van der Waals surface area (Å²) >= 11 is 3.44. The Bertz CT molecular complexity index is 1480. The van der Waals surface area contributed by atoms with Gasteiger partial charge in [-0.3, -0.25) is 13.9 Å². The van der Waals surface area contributed by atoms with E-state index in [0.29, 0.717) is 5.69 Å². The van der Waals surface area contributed by atoms with Crippen molar-refractivity contribution in [2.45, 2.75) is 76.9 Å². The summed E-state index contributed by atoms with van der Waals surface area (Å²) in [6.07, 6.45) is 3.99. The first-order chi connectivity index (χ1) is 19.5. The summed E-state index contributed by atoms with van der Waals surface area (Å²) in [5.41, 5.74) is 3.80. The van der Waals surface area contributed by atoms with Crippen LogP contribution in [0.15, 0.2) is 76.1 Å². The van der Waals surface area contributed by atoms with Crippen molar-refractivity contribution in [3.63, 3.8) is 0 Å². The Hall–Kier alpha value is -3.17. The fourth-order valence-electron chi connectivity index (χ4n) is 5.10. The van der Waals surface area contributed by atoms with E-state index < -0.39 is 28.5 Å². The van der Waals surface area contributed by atoms with Gasteiger partial charge in [-0.05, 0) is 87.6 Å². The highest BCUT2D eigenvalue weighted by molar-refractivity contribution is 9.10. The number of carbonyl (C=O) groups is 2. The molecule has 4 rings (SSSR count). The molecule has 0 spiro atoms. The van der Waals surface area contributed by atoms with E-state index in [0.717, 1.165) is 52.4 Å². The van der Waals surface area contributed by atoms with E-state index in [2.05, 4.69) is 21.2 Å². The van der Waals surface area contributed by atoms with Crippen molar-refractivity contribution in [1.82, 2.24) is 10.2 Å². The van der Waals surface area contributed by atoms with Crippen LogP contribution in [0, 0.1) is 20.8 Å². The number of aryl methyl sites for hydroxylation is 3. The molecular weight excluding hydrogens is 602 g/mol. The maximum Gasteiger partial charge on any atom is 0.264 e. The third-order valence-corrected chi connectivity index (χ3v) is 9.96. The van der Waals surface area contributed by atoms with Crippen LogP contribution in [0.4, 0.5) is 5.69 Å². The number of amides is 2. The molecule has 1 aliphatic rings. The van der Waals surface area contributed by atoms with Crippen molar-refractivity contribution >= 4 is 43.5 Å². The average Bonchev–Trinajstić information content (AvgIpc) is 3.45. The van der Waals surface area contributed by atoms with Crippen molar-refractivity contribution < 1.29 is 18.0 Å². The number of halogens is 1. The fourth-order valence-corrected chi connectivity index (χ4v) is 6.83. The second-order valence-electron chi connectivity index (χ2n) is 10.9. The number of sulfonamides is 1. The Balaban J connectivity index is 1.71. The van der Waals surface area contributed by atoms with Gasteiger partial charge in [-0.2, -0.15) is 0 Å². The summed E-state index contributed by atoms with van der Waals surface area (Å²) in [5.74, 6) is -0.694. The number of carbonyl (C=O) groups excluding carboxylic acids is 2. The molecule has 218 valence electrons. The van der Waals surface area contributed by atoms with Gasteiger partial charge in [0.2, 0.25) is 11.8 Å². The topological polar surface area (TPSA) is 86.8 Å². The summed E-state index contributed by atoms with van der Waals surface area (Å²) < 4.78 is 30.2. The molecule has 1 saturated carbocycles. The van der Waals surface area contributed by atoms with Crippen LogP contribution in [0.5, 0.6) is 0 Å². The van der Waals surface area contributed by atoms with E-state index in [-0.39, 0.29) is 23.4 Å². The number of nitrogens with one attached hydrogen (secondary N) is 1. The SMILES string of the molecule is Cc1ccc(S(=O)(=O)N(CC(=O)N(Cc2ccc(Br)cc2)[C@H](C)C(=O)NC2CCCC2)c2cc(C)ccc2C)cc1. The van der Waals surface area contributed by atoms with Gasteiger partial charge in [-0.15, -0.1) is 0 Å². The standard InChI is InChI=1S/C32H38BrN3O4S/c1-22-10-17-29(18-11-22)41(39,40)36(30-19-23(2)9-12-24(30)3)21-31(37)35(20-26-13-15-27(33)16-14-26)25(4)32(38)34-28-7-5-6-8-28/h9-19,25,28H,5-8,20-21H2,1-4H3,(H,34,38)/t25-/m1/s1. The summed E-state index contributed by atoms with van der Waals surface area (Å²) in [7, 11) is -4.10. The molecule has 0 aromatic heterocycles. The fraction of sp³-hybridized carbons (Fsp3) is 0.375. The number of hydrogen-bond acceptors (Lipinski definition) is 4. The summed E-state index contributed by atoms with van der Waals surface area (Å²) in [4.78, 5) is 29.1. The van der Waals surface area contributed by atoms with E-state index in [9.17, 15) is 18.0 Å². The highest BCUT2D eigenvalue weighted by Gasteiger charge is 2.34. The number of nitrogens with zero attached hydrogens (tertiary/aromatic N) is 2. The van der Waals surface area contributed by atoms with Gasteiger partial charge in [0.1, 0.15) is 12.6 Å². The maximum absolute atomic E-state index is 14.1. The smallest absolute Gasteiger partial charge is 0.264 e. The Kier molecular flexibility index (Phi) is 9.92. The molecule has 2 amide bonds. The van der Waals surface area contributed by atoms with E-state index >= 15 is 0 Å². The highest BCUT2D eigenvalue weighted by Crippen LogP contribution is 2.29. The Labute approximate surface area is 252 Å². The summed E-state index contributed by atoms with van der Waals surface area (Å²) in [5, 5.41) is 3.10. The van der Waals surface area contributed by atoms with Crippen molar-refractivity contribution in [1.29, 1.82) is 0 Å². The van der Waals surface area contributed by atoms with Crippen LogP contribution >= 0.6 is 15.9 Å². The second kappa shape index (κ2) is 13.2. The van der Waals surface area contributed by atoms with Gasteiger partial charge in [0.25, 0.3) is 10.0 Å². The van der Waals surface area contributed by atoms with Gasteiger partial charge < -0.3 is 10.2 Å². The molecule has 1 atom stereocenters. The minimum Gasteiger partial charge on any atom is -0.352 e. The van der Waals surface area contributed by atoms with Gasteiger partial charge in [0, 0.05) is 17.1 Å². The minimum absolute atomic E-state index is 0.0999. The molecule has 0 bridgehead atoms. The molecule has 1 N–H and O–H groups in total.